The van der Waals surface area contributed by atoms with Gasteiger partial charge >= 0.3 is 0 Å². The summed E-state index contributed by atoms with van der Waals surface area (Å²) < 4.78 is 0. The van der Waals surface area contributed by atoms with Gasteiger partial charge in [0.2, 0.25) is 0 Å². The van der Waals surface area contributed by atoms with Crippen LogP contribution < -0.4 is 5.32 Å². The van der Waals surface area contributed by atoms with Gasteiger partial charge in [0.15, 0.2) is 0 Å². The lowest BCUT2D eigenvalue weighted by molar-refractivity contribution is 0.513. The molecular formula is C18H22ClN. The van der Waals surface area contributed by atoms with Crippen LogP contribution in [0, 0.1) is 6.92 Å². The van der Waals surface area contributed by atoms with Crippen molar-refractivity contribution < 1.29 is 0 Å². The van der Waals surface area contributed by atoms with Crippen molar-refractivity contribution in [3.05, 3.63) is 70.2 Å². The van der Waals surface area contributed by atoms with E-state index in [0.717, 1.165) is 24.4 Å². The fourth-order valence-corrected chi connectivity index (χ4v) is 2.83. The molecule has 0 spiro atoms. The third-order valence-electron chi connectivity index (χ3n) is 3.62. The first-order valence-electron chi connectivity index (χ1n) is 7.24. The third kappa shape index (κ3) is 4.09. The molecule has 2 heteroatoms. The van der Waals surface area contributed by atoms with Gasteiger partial charge in [-0.2, -0.15) is 0 Å². The SMILES string of the molecule is CCNC(CCc1ccccc1)c1ccc(Cl)cc1C. The van der Waals surface area contributed by atoms with Gasteiger partial charge in [-0.15, -0.1) is 0 Å². The molecule has 2 rings (SSSR count). The Balaban J connectivity index is 2.10. The van der Waals surface area contributed by atoms with Gasteiger partial charge in [0, 0.05) is 11.1 Å². The minimum absolute atomic E-state index is 0.387. The zero-order valence-corrected chi connectivity index (χ0v) is 13.0. The number of hydrogen-bond acceptors (Lipinski definition) is 1. The van der Waals surface area contributed by atoms with Crippen LogP contribution in [0.15, 0.2) is 48.5 Å². The molecule has 1 atom stereocenters. The average Bonchev–Trinajstić information content (AvgIpc) is 2.45. The Morgan fingerprint density at radius 1 is 1.10 bits per heavy atom. The van der Waals surface area contributed by atoms with Crippen molar-refractivity contribution in [2.45, 2.75) is 32.7 Å². The molecule has 0 heterocycles. The lowest BCUT2D eigenvalue weighted by Crippen LogP contribution is -2.22. The van der Waals surface area contributed by atoms with Crippen LogP contribution in [-0.4, -0.2) is 6.54 Å². The van der Waals surface area contributed by atoms with Crippen LogP contribution in [0.5, 0.6) is 0 Å². The van der Waals surface area contributed by atoms with Crippen molar-refractivity contribution in [2.24, 2.45) is 0 Å². The van der Waals surface area contributed by atoms with Gasteiger partial charge in [-0.05, 0) is 55.1 Å². The summed E-state index contributed by atoms with van der Waals surface area (Å²) in [5.74, 6) is 0. The number of halogens is 1. The van der Waals surface area contributed by atoms with Gasteiger partial charge in [0.25, 0.3) is 0 Å². The monoisotopic (exact) mass is 287 g/mol. The van der Waals surface area contributed by atoms with E-state index in [1.165, 1.54) is 16.7 Å². The molecular weight excluding hydrogens is 266 g/mol. The number of nitrogens with one attached hydrogen (secondary N) is 1. The standard InChI is InChI=1S/C18H22ClN/c1-3-20-18(12-9-15-7-5-4-6-8-15)17-11-10-16(19)13-14(17)2/h4-8,10-11,13,18,20H,3,9,12H2,1-2H3. The second kappa shape index (κ2) is 7.47. The summed E-state index contributed by atoms with van der Waals surface area (Å²) >= 11 is 6.05. The first kappa shape index (κ1) is 15.1. The highest BCUT2D eigenvalue weighted by molar-refractivity contribution is 6.30. The van der Waals surface area contributed by atoms with E-state index >= 15 is 0 Å². The van der Waals surface area contributed by atoms with Crippen LogP contribution in [-0.2, 0) is 6.42 Å². The quantitative estimate of drug-likeness (QED) is 0.794. The van der Waals surface area contributed by atoms with Gasteiger partial charge in [-0.25, -0.2) is 0 Å². The molecule has 2 aromatic carbocycles. The van der Waals surface area contributed by atoms with Crippen molar-refractivity contribution in [1.82, 2.24) is 5.32 Å². The van der Waals surface area contributed by atoms with E-state index in [9.17, 15) is 0 Å². The number of benzene rings is 2. The van der Waals surface area contributed by atoms with E-state index in [4.69, 9.17) is 11.6 Å². The minimum atomic E-state index is 0.387. The van der Waals surface area contributed by atoms with Crippen LogP contribution in [0.3, 0.4) is 0 Å². The summed E-state index contributed by atoms with van der Waals surface area (Å²) in [6.07, 6.45) is 2.18. The maximum atomic E-state index is 6.05. The molecule has 0 bridgehead atoms. The molecule has 1 N–H and O–H groups in total. The number of hydrogen-bond donors (Lipinski definition) is 1. The Morgan fingerprint density at radius 3 is 2.50 bits per heavy atom. The van der Waals surface area contributed by atoms with Crippen LogP contribution in [0.4, 0.5) is 0 Å². The first-order valence-corrected chi connectivity index (χ1v) is 7.62. The lowest BCUT2D eigenvalue weighted by Gasteiger charge is -2.20. The molecule has 0 saturated heterocycles. The Kier molecular flexibility index (Phi) is 5.63. The largest absolute Gasteiger partial charge is 0.310 e. The summed E-state index contributed by atoms with van der Waals surface area (Å²) in [7, 11) is 0. The van der Waals surface area contributed by atoms with Gasteiger partial charge in [0.1, 0.15) is 0 Å². The molecule has 1 unspecified atom stereocenters. The van der Waals surface area contributed by atoms with Crippen LogP contribution in [0.2, 0.25) is 5.02 Å². The predicted molar refractivity (Wildman–Crippen MR) is 87.4 cm³/mol. The zero-order chi connectivity index (χ0) is 14.4. The molecule has 0 aromatic heterocycles. The summed E-state index contributed by atoms with van der Waals surface area (Å²) in [4.78, 5) is 0. The van der Waals surface area contributed by atoms with Gasteiger partial charge in [0.05, 0.1) is 0 Å². The topological polar surface area (TPSA) is 12.0 Å². The van der Waals surface area contributed by atoms with Crippen molar-refractivity contribution in [3.8, 4) is 0 Å². The zero-order valence-electron chi connectivity index (χ0n) is 12.2. The third-order valence-corrected chi connectivity index (χ3v) is 3.86. The molecule has 1 nitrogen and oxygen atoms in total. The molecule has 2 aromatic rings. The second-order valence-corrected chi connectivity index (χ2v) is 5.57. The molecule has 0 amide bonds. The number of rotatable bonds is 6. The Morgan fingerprint density at radius 2 is 1.85 bits per heavy atom. The Labute approximate surface area is 127 Å². The fraction of sp³-hybridized carbons (Fsp3) is 0.333. The average molecular weight is 288 g/mol. The summed E-state index contributed by atoms with van der Waals surface area (Å²) in [5, 5.41) is 4.40. The molecule has 106 valence electrons. The Bertz CT molecular complexity index is 536. The highest BCUT2D eigenvalue weighted by Crippen LogP contribution is 2.25. The van der Waals surface area contributed by atoms with Crippen molar-refractivity contribution in [3.63, 3.8) is 0 Å². The van der Waals surface area contributed by atoms with Crippen LogP contribution in [0.25, 0.3) is 0 Å². The second-order valence-electron chi connectivity index (χ2n) is 5.14. The molecule has 0 fully saturated rings. The molecule has 0 aliphatic heterocycles. The summed E-state index contributed by atoms with van der Waals surface area (Å²) in [6.45, 7) is 5.26. The smallest absolute Gasteiger partial charge is 0.0408 e. The van der Waals surface area contributed by atoms with E-state index in [1.807, 2.05) is 12.1 Å². The van der Waals surface area contributed by atoms with Crippen molar-refractivity contribution in [2.75, 3.05) is 6.54 Å². The summed E-state index contributed by atoms with van der Waals surface area (Å²) in [5.41, 5.74) is 4.01. The highest BCUT2D eigenvalue weighted by Gasteiger charge is 2.13. The molecule has 0 saturated carbocycles. The molecule has 20 heavy (non-hydrogen) atoms. The van der Waals surface area contributed by atoms with E-state index in [0.29, 0.717) is 6.04 Å². The normalized spacial score (nSPS) is 12.3. The van der Waals surface area contributed by atoms with Crippen molar-refractivity contribution in [1.29, 1.82) is 0 Å². The van der Waals surface area contributed by atoms with E-state index in [-0.39, 0.29) is 0 Å². The van der Waals surface area contributed by atoms with Gasteiger partial charge in [-0.1, -0.05) is 54.9 Å². The summed E-state index contributed by atoms with van der Waals surface area (Å²) in [6, 6.07) is 17.2. The fourth-order valence-electron chi connectivity index (χ4n) is 2.60. The van der Waals surface area contributed by atoms with Crippen molar-refractivity contribution >= 4 is 11.6 Å². The predicted octanol–water partition coefficient (Wildman–Crippen LogP) is 4.93. The van der Waals surface area contributed by atoms with E-state index < -0.39 is 0 Å². The van der Waals surface area contributed by atoms with Gasteiger partial charge < -0.3 is 5.32 Å². The minimum Gasteiger partial charge on any atom is -0.310 e. The lowest BCUT2D eigenvalue weighted by atomic mass is 9.95. The van der Waals surface area contributed by atoms with Crippen LogP contribution >= 0.6 is 11.6 Å². The number of aryl methyl sites for hydroxylation is 2. The Hall–Kier alpha value is -1.31. The van der Waals surface area contributed by atoms with E-state index in [1.54, 1.807) is 0 Å². The molecule has 0 aliphatic carbocycles. The maximum absolute atomic E-state index is 6.05. The van der Waals surface area contributed by atoms with Crippen LogP contribution in [0.1, 0.15) is 36.1 Å². The highest BCUT2D eigenvalue weighted by atomic mass is 35.5. The van der Waals surface area contributed by atoms with E-state index in [2.05, 4.69) is 55.6 Å². The first-order chi connectivity index (χ1) is 9.70. The molecule has 0 aliphatic rings. The van der Waals surface area contributed by atoms with Gasteiger partial charge in [-0.3, -0.25) is 0 Å². The maximum Gasteiger partial charge on any atom is 0.0408 e. The molecule has 0 radical (unpaired) electrons.